The molecule has 2 N–H and O–H groups in total. The number of benzene rings is 1. The maximum atomic E-state index is 12.2. The van der Waals surface area contributed by atoms with E-state index in [1.54, 1.807) is 18.2 Å². The van der Waals surface area contributed by atoms with Crippen LogP contribution in [0, 0.1) is 5.92 Å². The first-order chi connectivity index (χ1) is 9.05. The Bertz CT molecular complexity index is 572. The highest BCUT2D eigenvalue weighted by atomic mass is 35.5. The van der Waals surface area contributed by atoms with Crippen LogP contribution in [-0.4, -0.2) is 16.8 Å². The number of nitrogens with one attached hydrogen (secondary N) is 1. The Hall–Kier alpha value is -1.39. The summed E-state index contributed by atoms with van der Waals surface area (Å²) < 4.78 is 0. The molecule has 1 aliphatic heterocycles. The molecule has 0 bridgehead atoms. The molecule has 0 spiro atoms. The lowest BCUT2D eigenvalue weighted by Gasteiger charge is -2.32. The third kappa shape index (κ3) is 1.70. The zero-order chi connectivity index (χ0) is 13.6. The van der Waals surface area contributed by atoms with Crippen molar-refractivity contribution in [1.29, 1.82) is 0 Å². The number of carbonyl (C=O) groups excluding carboxylic acids is 2. The average molecular weight is 280 g/mol. The number of hydrogen-bond donors (Lipinski definition) is 2. The highest BCUT2D eigenvalue weighted by molar-refractivity contribution is 6.34. The van der Waals surface area contributed by atoms with E-state index in [9.17, 15) is 14.7 Å². The van der Waals surface area contributed by atoms with E-state index in [1.807, 2.05) is 0 Å². The van der Waals surface area contributed by atoms with Gasteiger partial charge < -0.3 is 10.4 Å². The van der Waals surface area contributed by atoms with Crippen LogP contribution in [-0.2, 0) is 15.2 Å². The molecule has 1 saturated carbocycles. The van der Waals surface area contributed by atoms with Gasteiger partial charge in [0, 0.05) is 12.0 Å². The molecule has 19 heavy (non-hydrogen) atoms. The molecular weight excluding hydrogens is 266 g/mol. The van der Waals surface area contributed by atoms with Gasteiger partial charge in [0.15, 0.2) is 5.60 Å². The predicted octanol–water partition coefficient (Wildman–Crippen LogP) is 2.24. The number of amides is 1. The Morgan fingerprint density at radius 3 is 2.84 bits per heavy atom. The minimum Gasteiger partial charge on any atom is -0.375 e. The second kappa shape index (κ2) is 4.32. The molecule has 1 aromatic carbocycles. The maximum Gasteiger partial charge on any atom is 0.261 e. The lowest BCUT2D eigenvalue weighted by Crippen LogP contribution is -2.46. The quantitative estimate of drug-likeness (QED) is 0.828. The zero-order valence-corrected chi connectivity index (χ0v) is 11.0. The summed E-state index contributed by atoms with van der Waals surface area (Å²) in [6.07, 6.45) is 2.64. The van der Waals surface area contributed by atoms with Gasteiger partial charge in [0.2, 0.25) is 0 Å². The Kier molecular flexibility index (Phi) is 2.87. The van der Waals surface area contributed by atoms with Crippen molar-refractivity contribution in [2.24, 2.45) is 5.92 Å². The maximum absolute atomic E-state index is 12.2. The van der Waals surface area contributed by atoms with Gasteiger partial charge in [-0.3, -0.25) is 9.59 Å². The number of rotatable bonds is 1. The Labute approximate surface area is 115 Å². The molecular formula is C14H14ClNO3. The van der Waals surface area contributed by atoms with E-state index < -0.39 is 17.4 Å². The normalized spacial score (nSPS) is 30.1. The van der Waals surface area contributed by atoms with E-state index in [2.05, 4.69) is 5.32 Å². The van der Waals surface area contributed by atoms with Crippen LogP contribution < -0.4 is 5.32 Å². The number of para-hydroxylation sites is 1. The summed E-state index contributed by atoms with van der Waals surface area (Å²) >= 11 is 6.03. The zero-order valence-electron chi connectivity index (χ0n) is 10.3. The van der Waals surface area contributed by atoms with Crippen LogP contribution in [0.5, 0.6) is 0 Å². The molecule has 1 fully saturated rings. The molecule has 100 valence electrons. The molecule has 1 aliphatic carbocycles. The van der Waals surface area contributed by atoms with Crippen molar-refractivity contribution >= 4 is 29.0 Å². The lowest BCUT2D eigenvalue weighted by atomic mass is 9.73. The fourth-order valence-corrected chi connectivity index (χ4v) is 3.29. The van der Waals surface area contributed by atoms with Crippen LogP contribution in [0.3, 0.4) is 0 Å². The highest BCUT2D eigenvalue weighted by Gasteiger charge is 2.54. The summed E-state index contributed by atoms with van der Waals surface area (Å²) in [5.74, 6) is -1.26. The number of anilines is 1. The van der Waals surface area contributed by atoms with Gasteiger partial charge in [0.25, 0.3) is 5.91 Å². The van der Waals surface area contributed by atoms with E-state index >= 15 is 0 Å². The van der Waals surface area contributed by atoms with Crippen molar-refractivity contribution in [3.8, 4) is 0 Å². The van der Waals surface area contributed by atoms with Crippen molar-refractivity contribution in [2.75, 3.05) is 5.32 Å². The smallest absolute Gasteiger partial charge is 0.261 e. The molecule has 4 nitrogen and oxygen atoms in total. The minimum atomic E-state index is -1.77. The van der Waals surface area contributed by atoms with E-state index in [1.165, 1.54) is 0 Å². The van der Waals surface area contributed by atoms with Crippen molar-refractivity contribution in [1.82, 2.24) is 0 Å². The van der Waals surface area contributed by atoms with Crippen LogP contribution >= 0.6 is 11.6 Å². The number of fused-ring (bicyclic) bond motifs is 1. The Morgan fingerprint density at radius 1 is 1.32 bits per heavy atom. The predicted molar refractivity (Wildman–Crippen MR) is 70.9 cm³/mol. The third-order valence-electron chi connectivity index (χ3n) is 4.07. The molecule has 1 heterocycles. The number of halogens is 1. The first-order valence-electron chi connectivity index (χ1n) is 6.40. The molecule has 0 radical (unpaired) electrons. The van der Waals surface area contributed by atoms with Crippen LogP contribution in [0.4, 0.5) is 5.69 Å². The fraction of sp³-hybridized carbons (Fsp3) is 0.429. The number of hydrogen-bond acceptors (Lipinski definition) is 3. The van der Waals surface area contributed by atoms with Gasteiger partial charge in [-0.25, -0.2) is 0 Å². The third-order valence-corrected chi connectivity index (χ3v) is 4.38. The van der Waals surface area contributed by atoms with Crippen LogP contribution in [0.25, 0.3) is 0 Å². The Balaban J connectivity index is 2.12. The number of aliphatic hydroxyl groups is 1. The second-order valence-electron chi connectivity index (χ2n) is 5.15. The summed E-state index contributed by atoms with van der Waals surface area (Å²) in [5.41, 5.74) is -0.919. The standard InChI is InChI=1S/C14H14ClNO3/c15-10-6-3-5-9-12(10)16-13(18)14(9,19)8-4-1-2-7-11(8)17/h3,5-6,8,19H,1-2,4,7H2,(H,16,18)/t8?,14-/m0/s1. The topological polar surface area (TPSA) is 66.4 Å². The van der Waals surface area contributed by atoms with Crippen molar-refractivity contribution in [3.63, 3.8) is 0 Å². The number of Topliss-reactive ketones (excluding diaryl/α,β-unsaturated/α-hetero) is 1. The summed E-state index contributed by atoms with van der Waals surface area (Å²) in [7, 11) is 0. The fourth-order valence-electron chi connectivity index (χ4n) is 3.07. The largest absolute Gasteiger partial charge is 0.375 e. The minimum absolute atomic E-state index is 0.0447. The van der Waals surface area contributed by atoms with Gasteiger partial charge in [0.1, 0.15) is 5.78 Å². The first-order valence-corrected chi connectivity index (χ1v) is 6.78. The van der Waals surface area contributed by atoms with Gasteiger partial charge in [-0.2, -0.15) is 0 Å². The average Bonchev–Trinajstić information content (AvgIpc) is 2.65. The molecule has 1 aromatic rings. The van der Waals surface area contributed by atoms with E-state index in [0.29, 0.717) is 29.1 Å². The molecule has 2 atom stereocenters. The summed E-state index contributed by atoms with van der Waals surface area (Å²) in [6.45, 7) is 0. The molecule has 1 unspecified atom stereocenters. The van der Waals surface area contributed by atoms with E-state index in [-0.39, 0.29) is 5.78 Å². The molecule has 0 saturated heterocycles. The summed E-state index contributed by atoms with van der Waals surface area (Å²) in [4.78, 5) is 24.2. The van der Waals surface area contributed by atoms with Gasteiger partial charge >= 0.3 is 0 Å². The number of ketones is 1. The van der Waals surface area contributed by atoms with Gasteiger partial charge in [0.05, 0.1) is 16.6 Å². The summed E-state index contributed by atoms with van der Waals surface area (Å²) in [6, 6.07) is 4.98. The van der Waals surface area contributed by atoms with Crippen LogP contribution in [0.2, 0.25) is 5.02 Å². The molecule has 1 amide bonds. The van der Waals surface area contributed by atoms with Crippen LogP contribution in [0.15, 0.2) is 18.2 Å². The number of carbonyl (C=O) groups is 2. The van der Waals surface area contributed by atoms with E-state index in [4.69, 9.17) is 11.6 Å². The lowest BCUT2D eigenvalue weighted by molar-refractivity contribution is -0.150. The van der Waals surface area contributed by atoms with E-state index in [0.717, 1.165) is 12.8 Å². The summed E-state index contributed by atoms with van der Waals surface area (Å²) in [5, 5.41) is 13.8. The Morgan fingerprint density at radius 2 is 2.11 bits per heavy atom. The van der Waals surface area contributed by atoms with Crippen molar-refractivity contribution < 1.29 is 14.7 Å². The molecule has 5 heteroatoms. The van der Waals surface area contributed by atoms with Gasteiger partial charge in [-0.05, 0) is 18.9 Å². The van der Waals surface area contributed by atoms with Crippen molar-refractivity contribution in [3.05, 3.63) is 28.8 Å². The van der Waals surface area contributed by atoms with Gasteiger partial charge in [-0.1, -0.05) is 30.2 Å². The molecule has 0 aromatic heterocycles. The SMILES string of the molecule is O=C1CCCCC1[C@@]1(O)C(=O)Nc2c(Cl)cccc21. The van der Waals surface area contributed by atoms with Gasteiger partial charge in [-0.15, -0.1) is 0 Å². The second-order valence-corrected chi connectivity index (χ2v) is 5.55. The highest BCUT2D eigenvalue weighted by Crippen LogP contribution is 2.47. The first kappa shape index (κ1) is 12.6. The van der Waals surface area contributed by atoms with Crippen molar-refractivity contribution in [2.45, 2.75) is 31.3 Å². The monoisotopic (exact) mass is 279 g/mol. The molecule has 3 rings (SSSR count). The van der Waals surface area contributed by atoms with Crippen LogP contribution in [0.1, 0.15) is 31.2 Å². The molecule has 2 aliphatic rings.